The van der Waals surface area contributed by atoms with Crippen LogP contribution in [0.15, 0.2) is 30.5 Å². The molecule has 0 spiro atoms. The Morgan fingerprint density at radius 3 is 2.67 bits per heavy atom. The highest BCUT2D eigenvalue weighted by atomic mass is 35.5. The molecule has 0 aliphatic heterocycles. The highest BCUT2D eigenvalue weighted by molar-refractivity contribution is 6.32. The van der Waals surface area contributed by atoms with Gasteiger partial charge in [0.05, 0.1) is 10.7 Å². The molecule has 0 bridgehead atoms. The molecule has 2 rings (SSSR count). The van der Waals surface area contributed by atoms with E-state index in [-0.39, 0.29) is 11.9 Å². The van der Waals surface area contributed by atoms with Crippen molar-refractivity contribution in [2.75, 3.05) is 21.1 Å². The lowest BCUT2D eigenvalue weighted by Gasteiger charge is -2.13. The summed E-state index contributed by atoms with van der Waals surface area (Å²) in [5.41, 5.74) is 2.24. The van der Waals surface area contributed by atoms with E-state index in [4.69, 9.17) is 11.6 Å². The van der Waals surface area contributed by atoms with Gasteiger partial charge in [-0.3, -0.25) is 4.79 Å². The van der Waals surface area contributed by atoms with Crippen LogP contribution in [0.3, 0.4) is 0 Å². The van der Waals surface area contributed by atoms with Crippen molar-refractivity contribution in [1.29, 1.82) is 0 Å². The van der Waals surface area contributed by atoms with Gasteiger partial charge in [-0.2, -0.15) is 5.10 Å². The van der Waals surface area contributed by atoms with E-state index in [1.165, 1.54) is 4.90 Å². The first-order valence-electron chi connectivity index (χ1n) is 6.68. The number of hydrogen-bond acceptors (Lipinski definition) is 3. The predicted octanol–water partition coefficient (Wildman–Crippen LogP) is 2.51. The van der Waals surface area contributed by atoms with Crippen LogP contribution >= 0.6 is 11.6 Å². The minimum atomic E-state index is -0.134. The molecule has 1 atom stereocenters. The van der Waals surface area contributed by atoms with Crippen molar-refractivity contribution in [3.05, 3.63) is 46.7 Å². The molecule has 2 aromatic rings. The number of amides is 1. The summed E-state index contributed by atoms with van der Waals surface area (Å²) in [4.78, 5) is 13.4. The zero-order chi connectivity index (χ0) is 15.6. The number of hydrogen-bond donors (Lipinski definition) is 1. The van der Waals surface area contributed by atoms with Crippen LogP contribution in [0.1, 0.15) is 29.0 Å². The quantitative estimate of drug-likeness (QED) is 0.944. The number of halogens is 1. The first-order valence-corrected chi connectivity index (χ1v) is 7.06. The number of benzene rings is 1. The van der Waals surface area contributed by atoms with Crippen molar-refractivity contribution in [1.82, 2.24) is 20.0 Å². The van der Waals surface area contributed by atoms with E-state index < -0.39 is 0 Å². The van der Waals surface area contributed by atoms with Gasteiger partial charge >= 0.3 is 0 Å². The van der Waals surface area contributed by atoms with Crippen molar-refractivity contribution in [2.45, 2.75) is 13.0 Å². The Hall–Kier alpha value is -1.85. The van der Waals surface area contributed by atoms with Gasteiger partial charge < -0.3 is 10.2 Å². The lowest BCUT2D eigenvalue weighted by atomic mass is 10.1. The van der Waals surface area contributed by atoms with Gasteiger partial charge in [-0.25, -0.2) is 4.68 Å². The first kappa shape index (κ1) is 15.5. The summed E-state index contributed by atoms with van der Waals surface area (Å²) in [5.74, 6) is -0.134. The van der Waals surface area contributed by atoms with Gasteiger partial charge in [-0.05, 0) is 37.7 Å². The third-order valence-electron chi connectivity index (χ3n) is 3.37. The molecule has 0 aliphatic carbocycles. The van der Waals surface area contributed by atoms with Crippen molar-refractivity contribution in [3.63, 3.8) is 0 Å². The van der Waals surface area contributed by atoms with Crippen molar-refractivity contribution in [3.8, 4) is 5.69 Å². The highest BCUT2D eigenvalue weighted by Gasteiger charge is 2.14. The largest absolute Gasteiger partial charge is 0.343 e. The summed E-state index contributed by atoms with van der Waals surface area (Å²) >= 11 is 6.33. The number of rotatable bonds is 4. The molecule has 1 unspecified atom stereocenters. The van der Waals surface area contributed by atoms with Crippen LogP contribution < -0.4 is 5.32 Å². The normalized spacial score (nSPS) is 12.2. The summed E-state index contributed by atoms with van der Waals surface area (Å²) < 4.78 is 1.62. The van der Waals surface area contributed by atoms with E-state index in [1.807, 2.05) is 25.2 Å². The summed E-state index contributed by atoms with van der Waals surface area (Å²) in [6.07, 6.45) is 1.74. The van der Waals surface area contributed by atoms with Gasteiger partial charge in [0.25, 0.3) is 5.91 Å². The van der Waals surface area contributed by atoms with Gasteiger partial charge in [0.1, 0.15) is 0 Å². The van der Waals surface area contributed by atoms with Crippen molar-refractivity contribution >= 4 is 17.5 Å². The Labute approximate surface area is 129 Å². The average molecular weight is 307 g/mol. The topological polar surface area (TPSA) is 50.2 Å². The van der Waals surface area contributed by atoms with Crippen molar-refractivity contribution < 1.29 is 4.79 Å². The lowest BCUT2D eigenvalue weighted by molar-refractivity contribution is 0.0821. The fourth-order valence-electron chi connectivity index (χ4n) is 1.95. The molecule has 0 fully saturated rings. The number of carbonyl (C=O) groups excluding carboxylic acids is 1. The third-order valence-corrected chi connectivity index (χ3v) is 3.67. The Kier molecular flexibility index (Phi) is 4.65. The van der Waals surface area contributed by atoms with E-state index in [0.717, 1.165) is 11.3 Å². The molecular formula is C15H19ClN4O. The predicted molar refractivity (Wildman–Crippen MR) is 84.1 cm³/mol. The third kappa shape index (κ3) is 3.25. The molecule has 0 saturated heterocycles. The lowest BCUT2D eigenvalue weighted by Crippen LogP contribution is -2.22. The molecule has 1 aromatic heterocycles. The molecule has 1 aromatic carbocycles. The molecule has 6 heteroatoms. The number of carbonyl (C=O) groups is 1. The monoisotopic (exact) mass is 306 g/mol. The fraction of sp³-hybridized carbons (Fsp3) is 0.333. The molecule has 5 nitrogen and oxygen atoms in total. The van der Waals surface area contributed by atoms with E-state index in [2.05, 4.69) is 17.3 Å². The SMILES string of the molecule is CNC(C)c1ccc(-n2ccc(C(=O)N(C)C)n2)c(Cl)c1. The highest BCUT2D eigenvalue weighted by Crippen LogP contribution is 2.24. The Morgan fingerprint density at radius 2 is 2.10 bits per heavy atom. The van der Waals surface area contributed by atoms with Crippen molar-refractivity contribution in [2.24, 2.45) is 0 Å². The molecular weight excluding hydrogens is 288 g/mol. The van der Waals surface area contributed by atoms with Crippen LogP contribution in [0.5, 0.6) is 0 Å². The maximum Gasteiger partial charge on any atom is 0.273 e. The van der Waals surface area contributed by atoms with Gasteiger partial charge in [0.2, 0.25) is 0 Å². The van der Waals surface area contributed by atoms with Crippen LogP contribution in [0.4, 0.5) is 0 Å². The minimum Gasteiger partial charge on any atom is -0.343 e. The Balaban J connectivity index is 2.33. The zero-order valence-electron chi connectivity index (χ0n) is 12.6. The maximum absolute atomic E-state index is 11.9. The Bertz CT molecular complexity index is 651. The number of nitrogens with zero attached hydrogens (tertiary/aromatic N) is 3. The fourth-order valence-corrected chi connectivity index (χ4v) is 2.22. The van der Waals surface area contributed by atoms with Crippen LogP contribution in [-0.4, -0.2) is 41.7 Å². The summed E-state index contributed by atoms with van der Waals surface area (Å²) in [7, 11) is 5.30. The van der Waals surface area contributed by atoms with Gasteiger partial charge in [0.15, 0.2) is 5.69 Å². The first-order chi connectivity index (χ1) is 9.93. The standard InChI is InChI=1S/C15H19ClN4O/c1-10(17-2)11-5-6-14(12(16)9-11)20-8-7-13(18-20)15(21)19(3)4/h5-10,17H,1-4H3. The van der Waals surface area contributed by atoms with Gasteiger partial charge in [-0.1, -0.05) is 17.7 Å². The second kappa shape index (κ2) is 6.28. The van der Waals surface area contributed by atoms with Crippen LogP contribution in [-0.2, 0) is 0 Å². The summed E-state index contributed by atoms with van der Waals surface area (Å²) in [6.45, 7) is 2.06. The zero-order valence-corrected chi connectivity index (χ0v) is 13.3. The average Bonchev–Trinajstić information content (AvgIpc) is 2.94. The van der Waals surface area contributed by atoms with E-state index in [9.17, 15) is 4.79 Å². The van der Waals surface area contributed by atoms with E-state index in [1.54, 1.807) is 31.0 Å². The van der Waals surface area contributed by atoms with Gasteiger partial charge in [0, 0.05) is 26.3 Å². The molecule has 21 heavy (non-hydrogen) atoms. The molecule has 0 radical (unpaired) electrons. The van der Waals surface area contributed by atoms with Gasteiger partial charge in [-0.15, -0.1) is 0 Å². The number of nitrogens with one attached hydrogen (secondary N) is 1. The Morgan fingerprint density at radius 1 is 1.38 bits per heavy atom. The second-order valence-electron chi connectivity index (χ2n) is 5.07. The number of aromatic nitrogens is 2. The van der Waals surface area contributed by atoms with E-state index in [0.29, 0.717) is 10.7 Å². The second-order valence-corrected chi connectivity index (χ2v) is 5.47. The van der Waals surface area contributed by atoms with E-state index >= 15 is 0 Å². The molecule has 1 heterocycles. The molecule has 112 valence electrons. The van der Waals surface area contributed by atoms with Crippen LogP contribution in [0, 0.1) is 0 Å². The van der Waals surface area contributed by atoms with Crippen LogP contribution in [0.2, 0.25) is 5.02 Å². The maximum atomic E-state index is 11.9. The summed E-state index contributed by atoms with van der Waals surface area (Å²) in [5, 5.41) is 8.05. The minimum absolute atomic E-state index is 0.134. The summed E-state index contributed by atoms with van der Waals surface area (Å²) in [6, 6.07) is 7.72. The molecule has 1 amide bonds. The molecule has 1 N–H and O–H groups in total. The van der Waals surface area contributed by atoms with Crippen LogP contribution in [0.25, 0.3) is 5.69 Å². The molecule has 0 aliphatic rings. The molecule has 0 saturated carbocycles. The smallest absolute Gasteiger partial charge is 0.273 e.